The number of anilines is 3. The highest BCUT2D eigenvalue weighted by atomic mass is 15.3. The fourth-order valence-corrected chi connectivity index (χ4v) is 2.60. The van der Waals surface area contributed by atoms with Gasteiger partial charge in [0, 0.05) is 38.1 Å². The summed E-state index contributed by atoms with van der Waals surface area (Å²) in [5, 5.41) is 12.9. The number of rotatable bonds is 3. The van der Waals surface area contributed by atoms with E-state index in [1.165, 1.54) is 0 Å². The molecule has 0 aliphatic carbocycles. The van der Waals surface area contributed by atoms with Crippen LogP contribution in [0.5, 0.6) is 0 Å². The third-order valence-corrected chi connectivity index (χ3v) is 3.90. The number of para-hydroxylation sites is 1. The predicted molar refractivity (Wildman–Crippen MR) is 88.4 cm³/mol. The van der Waals surface area contributed by atoms with E-state index in [2.05, 4.69) is 33.2 Å². The molecule has 5 nitrogen and oxygen atoms in total. The van der Waals surface area contributed by atoms with E-state index in [-0.39, 0.29) is 0 Å². The van der Waals surface area contributed by atoms with Crippen LogP contribution in [0.4, 0.5) is 17.2 Å². The van der Waals surface area contributed by atoms with Crippen LogP contribution in [0.2, 0.25) is 0 Å². The summed E-state index contributed by atoms with van der Waals surface area (Å²) in [4.78, 5) is 8.92. The highest BCUT2D eigenvalue weighted by Gasteiger charge is 2.20. The minimum atomic E-state index is 0.607. The van der Waals surface area contributed by atoms with Crippen LogP contribution in [0.1, 0.15) is 5.56 Å². The van der Waals surface area contributed by atoms with Gasteiger partial charge in [0.1, 0.15) is 17.5 Å². The Balaban J connectivity index is 1.89. The van der Waals surface area contributed by atoms with Gasteiger partial charge in [-0.15, -0.1) is 0 Å². The molecule has 1 aromatic heterocycles. The Bertz CT molecular complexity index is 669. The van der Waals surface area contributed by atoms with Crippen molar-refractivity contribution in [1.29, 1.82) is 5.26 Å². The third kappa shape index (κ3) is 3.02. The van der Waals surface area contributed by atoms with Crippen LogP contribution in [-0.2, 0) is 0 Å². The van der Waals surface area contributed by atoms with E-state index >= 15 is 0 Å². The molecule has 2 heterocycles. The van der Waals surface area contributed by atoms with E-state index in [9.17, 15) is 5.26 Å². The lowest BCUT2D eigenvalue weighted by atomic mass is 10.2. The molecule has 0 unspecified atom stereocenters. The summed E-state index contributed by atoms with van der Waals surface area (Å²) in [6.07, 6.45) is 1.76. The summed E-state index contributed by atoms with van der Waals surface area (Å²) < 4.78 is 0. The van der Waals surface area contributed by atoms with Crippen LogP contribution in [0, 0.1) is 11.3 Å². The Morgan fingerprint density at radius 1 is 1.09 bits per heavy atom. The lowest BCUT2D eigenvalue weighted by molar-refractivity contribution is 0.312. The molecule has 22 heavy (non-hydrogen) atoms. The average molecular weight is 293 g/mol. The van der Waals surface area contributed by atoms with Crippen molar-refractivity contribution in [2.24, 2.45) is 0 Å². The summed E-state index contributed by atoms with van der Waals surface area (Å²) in [6.45, 7) is 3.77. The molecular weight excluding hydrogens is 274 g/mol. The molecule has 3 rings (SSSR count). The fourth-order valence-electron chi connectivity index (χ4n) is 2.60. The fraction of sp³-hybridized carbons (Fsp3) is 0.294. The van der Waals surface area contributed by atoms with Gasteiger partial charge in [-0.05, 0) is 25.2 Å². The largest absolute Gasteiger partial charge is 0.354 e. The second-order valence-corrected chi connectivity index (χ2v) is 5.45. The van der Waals surface area contributed by atoms with Crippen molar-refractivity contribution in [3.05, 3.63) is 48.2 Å². The maximum atomic E-state index is 9.59. The maximum Gasteiger partial charge on any atom is 0.148 e. The molecule has 0 amide bonds. The van der Waals surface area contributed by atoms with Crippen molar-refractivity contribution < 1.29 is 0 Å². The van der Waals surface area contributed by atoms with E-state index < -0.39 is 0 Å². The number of aromatic nitrogens is 1. The van der Waals surface area contributed by atoms with Gasteiger partial charge in [0.05, 0.1) is 5.69 Å². The second-order valence-electron chi connectivity index (χ2n) is 5.45. The van der Waals surface area contributed by atoms with Crippen LogP contribution in [0.15, 0.2) is 42.6 Å². The van der Waals surface area contributed by atoms with Gasteiger partial charge in [0.25, 0.3) is 0 Å². The number of hydrogen-bond acceptors (Lipinski definition) is 5. The van der Waals surface area contributed by atoms with Crippen molar-refractivity contribution in [3.63, 3.8) is 0 Å². The predicted octanol–water partition coefficient (Wildman–Crippen LogP) is 2.45. The van der Waals surface area contributed by atoms with Crippen molar-refractivity contribution in [3.8, 4) is 6.07 Å². The van der Waals surface area contributed by atoms with Crippen LogP contribution in [0.3, 0.4) is 0 Å². The molecule has 2 aromatic rings. The Hall–Kier alpha value is -2.58. The first-order chi connectivity index (χ1) is 10.8. The summed E-state index contributed by atoms with van der Waals surface area (Å²) in [5.41, 5.74) is 2.38. The number of likely N-dealkylation sites (N-methyl/N-ethyl adjacent to an activating group) is 1. The number of piperazine rings is 1. The van der Waals surface area contributed by atoms with Gasteiger partial charge in [0.2, 0.25) is 0 Å². The van der Waals surface area contributed by atoms with E-state index in [0.29, 0.717) is 5.56 Å². The van der Waals surface area contributed by atoms with E-state index in [1.54, 1.807) is 6.20 Å². The van der Waals surface area contributed by atoms with E-state index in [4.69, 9.17) is 0 Å². The smallest absolute Gasteiger partial charge is 0.148 e. The lowest BCUT2D eigenvalue weighted by Crippen LogP contribution is -2.45. The molecule has 1 N–H and O–H groups in total. The van der Waals surface area contributed by atoms with Gasteiger partial charge in [-0.3, -0.25) is 0 Å². The van der Waals surface area contributed by atoms with Crippen LogP contribution in [-0.4, -0.2) is 43.1 Å². The quantitative estimate of drug-likeness (QED) is 0.942. The molecule has 0 spiro atoms. The minimum Gasteiger partial charge on any atom is -0.354 e. The van der Waals surface area contributed by atoms with Gasteiger partial charge in [-0.2, -0.15) is 5.26 Å². The number of hydrogen-bond donors (Lipinski definition) is 1. The zero-order valence-electron chi connectivity index (χ0n) is 12.7. The highest BCUT2D eigenvalue weighted by Crippen LogP contribution is 2.27. The molecule has 1 saturated heterocycles. The number of pyridine rings is 1. The summed E-state index contributed by atoms with van der Waals surface area (Å²) in [7, 11) is 2.11. The SMILES string of the molecule is CN1CCN(c2nccc(Nc3ccccc3)c2C#N)CC1. The first-order valence-corrected chi connectivity index (χ1v) is 7.42. The molecule has 0 atom stereocenters. The normalized spacial score (nSPS) is 15.4. The van der Waals surface area contributed by atoms with E-state index in [0.717, 1.165) is 43.4 Å². The van der Waals surface area contributed by atoms with Crippen molar-refractivity contribution in [1.82, 2.24) is 9.88 Å². The molecule has 1 fully saturated rings. The Kier molecular flexibility index (Phi) is 4.22. The number of nitrogens with zero attached hydrogens (tertiary/aromatic N) is 4. The summed E-state index contributed by atoms with van der Waals surface area (Å²) in [5.74, 6) is 0.775. The molecule has 112 valence electrons. The van der Waals surface area contributed by atoms with Crippen LogP contribution in [0.25, 0.3) is 0 Å². The average Bonchev–Trinajstić information content (AvgIpc) is 2.56. The van der Waals surface area contributed by atoms with Gasteiger partial charge < -0.3 is 15.1 Å². The maximum absolute atomic E-state index is 9.59. The third-order valence-electron chi connectivity index (χ3n) is 3.90. The van der Waals surface area contributed by atoms with Gasteiger partial charge >= 0.3 is 0 Å². The first kappa shape index (κ1) is 14.4. The second kappa shape index (κ2) is 6.46. The molecule has 5 heteroatoms. The highest BCUT2D eigenvalue weighted by molar-refractivity contribution is 5.73. The molecule has 1 aliphatic heterocycles. The number of benzene rings is 1. The van der Waals surface area contributed by atoms with Gasteiger partial charge in [-0.1, -0.05) is 18.2 Å². The minimum absolute atomic E-state index is 0.607. The van der Waals surface area contributed by atoms with Crippen LogP contribution >= 0.6 is 0 Å². The monoisotopic (exact) mass is 293 g/mol. The molecule has 0 saturated carbocycles. The number of nitrogens with one attached hydrogen (secondary N) is 1. The Labute approximate surface area is 130 Å². The Morgan fingerprint density at radius 3 is 2.50 bits per heavy atom. The van der Waals surface area contributed by atoms with E-state index in [1.807, 2.05) is 36.4 Å². The van der Waals surface area contributed by atoms with Crippen molar-refractivity contribution in [2.75, 3.05) is 43.4 Å². The lowest BCUT2D eigenvalue weighted by Gasteiger charge is -2.33. The zero-order valence-corrected chi connectivity index (χ0v) is 12.7. The zero-order chi connectivity index (χ0) is 15.4. The number of nitriles is 1. The molecule has 1 aliphatic rings. The summed E-state index contributed by atoms with van der Waals surface area (Å²) in [6, 6.07) is 14.0. The van der Waals surface area contributed by atoms with Crippen molar-refractivity contribution >= 4 is 17.2 Å². The molecular formula is C17H19N5. The molecule has 0 radical (unpaired) electrons. The first-order valence-electron chi connectivity index (χ1n) is 7.42. The topological polar surface area (TPSA) is 55.2 Å². The van der Waals surface area contributed by atoms with Crippen LogP contribution < -0.4 is 10.2 Å². The molecule has 1 aromatic carbocycles. The molecule has 0 bridgehead atoms. The van der Waals surface area contributed by atoms with Gasteiger partial charge in [0.15, 0.2) is 0 Å². The summed E-state index contributed by atoms with van der Waals surface area (Å²) >= 11 is 0. The van der Waals surface area contributed by atoms with Gasteiger partial charge in [-0.25, -0.2) is 4.98 Å². The Morgan fingerprint density at radius 2 is 1.82 bits per heavy atom. The van der Waals surface area contributed by atoms with Crippen molar-refractivity contribution in [2.45, 2.75) is 0 Å². The standard InChI is InChI=1S/C17H19N5/c1-21-9-11-22(12-10-21)17-15(13-18)16(7-8-19-17)20-14-5-3-2-4-6-14/h2-8H,9-12H2,1H3,(H,19,20).